The third-order valence-corrected chi connectivity index (χ3v) is 14.0. The third kappa shape index (κ3) is 15.4. The number of nitrogens with one attached hydrogen (secondary N) is 3. The van der Waals surface area contributed by atoms with Gasteiger partial charge in [-0.3, -0.25) is 0 Å². The Kier molecular flexibility index (Phi) is 22.5. The standard InChI is InChI=1S/C39H40N10O13S4.4Na/c1-21-15-23(9-11-31(21)48-46-25-17-29-27(35(19-25)65(57,58)59)5-3-7-33(29)63(51,52)53)41-38-43-37(40-13-14-50)44-39(45-38)42-24-10-12-32(22(2)16-24)49-47-26-18-30-28(36(20-26)66(60,61)62)6-4-8-34(30)64(54,55)56;;;;/h3-9,11,15,17-20,22,24,32,50H,10,12-14,16H2,1-2H3,(H,51,52,53)(H,54,55,56)(H,57,58,59)(H,60,61,62)(H3,40,41,42,43,44,45);;;;/q;4*+1/p-4. The first kappa shape index (κ1) is 62.1. The number of aryl methyl sites for hydroxylation is 1. The Morgan fingerprint density at radius 1 is 0.614 bits per heavy atom. The second-order valence-electron chi connectivity index (χ2n) is 15.1. The van der Waals surface area contributed by atoms with E-state index >= 15 is 0 Å². The number of hydrogen-bond donors (Lipinski definition) is 4. The number of rotatable bonds is 15. The molecule has 1 aliphatic carbocycles. The van der Waals surface area contributed by atoms with Crippen LogP contribution in [0.2, 0.25) is 0 Å². The van der Waals surface area contributed by atoms with Gasteiger partial charge in [-0.15, -0.1) is 0 Å². The molecule has 1 fully saturated rings. The van der Waals surface area contributed by atoms with Crippen LogP contribution in [-0.4, -0.2) is 97.2 Å². The first-order chi connectivity index (χ1) is 31.0. The van der Waals surface area contributed by atoms with Crippen LogP contribution >= 0.6 is 0 Å². The van der Waals surface area contributed by atoms with Crippen LogP contribution in [-0.2, 0) is 40.5 Å². The van der Waals surface area contributed by atoms with Gasteiger partial charge in [-0.25, -0.2) is 33.7 Å². The maximum absolute atomic E-state index is 12.1. The number of fused-ring (bicyclic) bond motifs is 2. The van der Waals surface area contributed by atoms with Crippen LogP contribution in [0, 0.1) is 12.8 Å². The van der Waals surface area contributed by atoms with E-state index in [1.54, 1.807) is 25.1 Å². The first-order valence-electron chi connectivity index (χ1n) is 19.5. The normalized spacial score (nSPS) is 16.5. The van der Waals surface area contributed by atoms with Gasteiger partial charge in [0.1, 0.15) is 40.5 Å². The molecule has 5 aromatic carbocycles. The van der Waals surface area contributed by atoms with E-state index < -0.39 is 60.1 Å². The summed E-state index contributed by atoms with van der Waals surface area (Å²) in [6.07, 6.45) is 1.56. The Balaban J connectivity index is 0.00000324. The van der Waals surface area contributed by atoms with Crippen molar-refractivity contribution < 1.29 is 175 Å². The van der Waals surface area contributed by atoms with Crippen LogP contribution in [0.25, 0.3) is 21.5 Å². The van der Waals surface area contributed by atoms with Crippen molar-refractivity contribution in [3.63, 3.8) is 0 Å². The molecular formula is C39H36N10Na4O13S4. The smallest absolute Gasteiger partial charge is 0.744 e. The van der Waals surface area contributed by atoms with Crippen LogP contribution in [0.3, 0.4) is 0 Å². The van der Waals surface area contributed by atoms with Crippen LogP contribution < -0.4 is 134 Å². The number of aliphatic hydroxyl groups excluding tert-OH is 1. The molecule has 31 heteroatoms. The summed E-state index contributed by atoms with van der Waals surface area (Å²) in [6, 6.07) is 15.2. The van der Waals surface area contributed by atoms with Gasteiger partial charge >= 0.3 is 118 Å². The average Bonchev–Trinajstić information content (AvgIpc) is 3.22. The van der Waals surface area contributed by atoms with Gasteiger partial charge in [0.2, 0.25) is 17.8 Å². The fourth-order valence-corrected chi connectivity index (χ4v) is 10.2. The molecule has 1 aromatic heterocycles. The largest absolute Gasteiger partial charge is 1.00 e. The van der Waals surface area contributed by atoms with Gasteiger partial charge in [0.15, 0.2) is 0 Å². The molecule has 7 rings (SSSR count). The first-order valence-corrected chi connectivity index (χ1v) is 25.2. The zero-order valence-electron chi connectivity index (χ0n) is 38.4. The molecule has 0 radical (unpaired) electrons. The average molecular weight is 1070 g/mol. The maximum atomic E-state index is 12.1. The molecule has 0 aliphatic heterocycles. The quantitative estimate of drug-likeness (QED) is 0.0422. The van der Waals surface area contributed by atoms with Crippen molar-refractivity contribution in [3.8, 4) is 0 Å². The Morgan fingerprint density at radius 2 is 1.13 bits per heavy atom. The van der Waals surface area contributed by atoms with Crippen molar-refractivity contribution in [2.75, 3.05) is 29.1 Å². The molecular weight excluding hydrogens is 1040 g/mol. The number of aromatic nitrogens is 3. The molecule has 0 spiro atoms. The van der Waals surface area contributed by atoms with Crippen LogP contribution in [0.5, 0.6) is 0 Å². The van der Waals surface area contributed by atoms with Crippen molar-refractivity contribution in [2.45, 2.75) is 64.8 Å². The van der Waals surface area contributed by atoms with E-state index in [-0.39, 0.29) is 200 Å². The molecule has 4 N–H and O–H groups in total. The second-order valence-corrected chi connectivity index (χ2v) is 20.5. The van der Waals surface area contributed by atoms with Gasteiger partial charge in [0, 0.05) is 39.8 Å². The van der Waals surface area contributed by atoms with Gasteiger partial charge in [-0.1, -0.05) is 31.2 Å². The van der Waals surface area contributed by atoms with Crippen LogP contribution in [0.15, 0.2) is 119 Å². The van der Waals surface area contributed by atoms with Crippen molar-refractivity contribution in [1.82, 2.24) is 15.0 Å². The van der Waals surface area contributed by atoms with E-state index in [0.29, 0.717) is 36.2 Å². The fraction of sp³-hybridized carbons (Fsp3) is 0.256. The van der Waals surface area contributed by atoms with Crippen molar-refractivity contribution >= 4 is 103 Å². The minimum absolute atomic E-state index is 0. The summed E-state index contributed by atoms with van der Waals surface area (Å²) in [4.78, 5) is 10.4. The van der Waals surface area contributed by atoms with E-state index in [2.05, 4.69) is 51.4 Å². The molecule has 0 bridgehead atoms. The second kappa shape index (κ2) is 25.4. The molecule has 348 valence electrons. The number of benzene rings is 5. The molecule has 3 atom stereocenters. The zero-order valence-corrected chi connectivity index (χ0v) is 49.6. The summed E-state index contributed by atoms with van der Waals surface area (Å²) in [5.74, 6) is 0.307. The number of nitrogens with zero attached hydrogens (tertiary/aromatic N) is 7. The van der Waals surface area contributed by atoms with E-state index in [1.807, 2.05) is 6.92 Å². The SMILES string of the molecule is Cc1cc(Nc2nc(NCCO)nc(NC3CCC(N=Nc4cc(S(=O)(=O)[O-])c5cccc(S(=O)(=O)[O-])c5c4)C(C)C3)n2)ccc1N=Nc1cc(S(=O)(=O)[O-])c2cccc(S(=O)(=O)[O-])c2c1.[Na+].[Na+].[Na+].[Na+]. The molecule has 1 aliphatic rings. The van der Waals surface area contributed by atoms with Crippen molar-refractivity contribution in [2.24, 2.45) is 26.4 Å². The minimum Gasteiger partial charge on any atom is -0.744 e. The van der Waals surface area contributed by atoms with Crippen molar-refractivity contribution in [1.29, 1.82) is 0 Å². The molecule has 3 unspecified atom stereocenters. The molecule has 0 saturated heterocycles. The Bertz CT molecular complexity index is 3440. The summed E-state index contributed by atoms with van der Waals surface area (Å²) in [7, 11) is -20.3. The van der Waals surface area contributed by atoms with Crippen molar-refractivity contribution in [3.05, 3.63) is 84.4 Å². The van der Waals surface area contributed by atoms with Crippen LogP contribution in [0.4, 0.5) is 40.6 Å². The summed E-state index contributed by atoms with van der Waals surface area (Å²) in [6.45, 7) is 3.51. The van der Waals surface area contributed by atoms with Gasteiger partial charge in [-0.2, -0.15) is 35.4 Å². The van der Waals surface area contributed by atoms with E-state index in [9.17, 15) is 57.0 Å². The monoisotopic (exact) mass is 1070 g/mol. The summed E-state index contributed by atoms with van der Waals surface area (Å²) >= 11 is 0. The predicted molar refractivity (Wildman–Crippen MR) is 233 cm³/mol. The van der Waals surface area contributed by atoms with Gasteiger partial charge in [0.05, 0.1) is 49.3 Å². The molecule has 6 aromatic rings. The molecule has 23 nitrogen and oxygen atoms in total. The van der Waals surface area contributed by atoms with E-state index in [1.165, 1.54) is 18.2 Å². The maximum Gasteiger partial charge on any atom is 1.00 e. The number of azo groups is 2. The fourth-order valence-electron chi connectivity index (χ4n) is 7.42. The van der Waals surface area contributed by atoms with E-state index in [4.69, 9.17) is 0 Å². The molecule has 1 heterocycles. The number of hydrogen-bond acceptors (Lipinski definition) is 23. The van der Waals surface area contributed by atoms with E-state index in [0.717, 1.165) is 42.5 Å². The molecule has 0 amide bonds. The van der Waals surface area contributed by atoms with Gasteiger partial charge in [0.25, 0.3) is 0 Å². The summed E-state index contributed by atoms with van der Waals surface area (Å²) < 4.78 is 144. The minimum atomic E-state index is -5.13. The third-order valence-electron chi connectivity index (χ3n) is 10.4. The van der Waals surface area contributed by atoms with Gasteiger partial charge in [-0.05, 0) is 92.3 Å². The number of anilines is 4. The molecule has 1 saturated carbocycles. The predicted octanol–water partition coefficient (Wildman–Crippen LogP) is -6.56. The summed E-state index contributed by atoms with van der Waals surface area (Å²) in [5, 5.41) is 34.4. The number of aliphatic hydroxyl groups is 1. The van der Waals surface area contributed by atoms with Gasteiger partial charge < -0.3 is 39.3 Å². The molecule has 70 heavy (non-hydrogen) atoms. The Labute approximate surface area is 491 Å². The van der Waals surface area contributed by atoms with Crippen LogP contribution in [0.1, 0.15) is 31.7 Å². The zero-order chi connectivity index (χ0) is 47.8. The topological polar surface area (TPSA) is 373 Å². The Morgan fingerprint density at radius 3 is 1.63 bits per heavy atom. The Hall–Kier alpha value is -2.17. The summed E-state index contributed by atoms with van der Waals surface area (Å²) in [5.41, 5.74) is 1.00.